The van der Waals surface area contributed by atoms with Gasteiger partial charge in [-0.05, 0) is 18.6 Å². The van der Waals surface area contributed by atoms with Crippen molar-refractivity contribution in [1.29, 1.82) is 0 Å². The second kappa shape index (κ2) is 6.31. The Morgan fingerprint density at radius 2 is 1.95 bits per heavy atom. The molecule has 0 aromatic heterocycles. The van der Waals surface area contributed by atoms with Gasteiger partial charge in [-0.3, -0.25) is 19.3 Å². The van der Waals surface area contributed by atoms with Crippen molar-refractivity contribution in [3.8, 4) is 0 Å². The number of carbonyl (C=O) groups is 4. The first-order chi connectivity index (χ1) is 10.4. The number of aliphatic carboxylic acids is 1. The number of imide groups is 1. The van der Waals surface area contributed by atoms with E-state index in [4.69, 9.17) is 0 Å². The number of hydrogen-bond acceptors (Lipinski definition) is 5. The topological polar surface area (TPSA) is 91.8 Å². The zero-order valence-corrected chi connectivity index (χ0v) is 13.0. The van der Waals surface area contributed by atoms with Gasteiger partial charge in [-0.1, -0.05) is 31.2 Å². The molecule has 0 bridgehead atoms. The second-order valence-electron chi connectivity index (χ2n) is 4.90. The minimum atomic E-state index is -1.21. The average Bonchev–Trinajstić information content (AvgIpc) is 2.69. The lowest BCUT2D eigenvalue weighted by molar-refractivity contribution is -0.141. The van der Waals surface area contributed by atoms with Crippen molar-refractivity contribution in [2.75, 3.05) is 0 Å². The summed E-state index contributed by atoms with van der Waals surface area (Å²) in [5.41, 5.74) is 0.272. The van der Waals surface area contributed by atoms with Crippen molar-refractivity contribution in [3.63, 3.8) is 0 Å². The van der Waals surface area contributed by atoms with Crippen LogP contribution >= 0.6 is 11.8 Å². The molecule has 1 aliphatic rings. The summed E-state index contributed by atoms with van der Waals surface area (Å²) in [5, 5.41) is 9.08. The van der Waals surface area contributed by atoms with Gasteiger partial charge in [-0.2, -0.15) is 0 Å². The highest BCUT2D eigenvalue weighted by atomic mass is 32.2. The van der Waals surface area contributed by atoms with Gasteiger partial charge in [-0.15, -0.1) is 0 Å². The number of hydrogen-bond donors (Lipinski definition) is 1. The van der Waals surface area contributed by atoms with Crippen LogP contribution in [0.25, 0.3) is 0 Å². The molecule has 0 spiro atoms. The standard InChI is InChI=1S/C15H15NO5S/c1-3-5-10(15(20)21)16-13(18)9-6-4-7-11(22-8(2)17)12(9)14(16)19/h4,6-7,10H,3,5H2,1-2H3,(H,20,21)/t10-/m1/s1. The Balaban J connectivity index is 2.48. The summed E-state index contributed by atoms with van der Waals surface area (Å²) in [5.74, 6) is -2.48. The third-order valence-corrected chi connectivity index (χ3v) is 4.17. The molecule has 1 aromatic carbocycles. The van der Waals surface area contributed by atoms with Crippen LogP contribution in [0, 0.1) is 0 Å². The summed E-state index contributed by atoms with van der Waals surface area (Å²) in [6.45, 7) is 3.14. The van der Waals surface area contributed by atoms with Crippen LogP contribution < -0.4 is 0 Å². The number of carboxylic acids is 1. The van der Waals surface area contributed by atoms with E-state index in [-0.39, 0.29) is 22.7 Å². The van der Waals surface area contributed by atoms with Crippen molar-refractivity contribution < 1.29 is 24.3 Å². The molecule has 0 saturated heterocycles. The smallest absolute Gasteiger partial charge is 0.326 e. The molecular weight excluding hydrogens is 306 g/mol. The maximum absolute atomic E-state index is 12.5. The first-order valence-corrected chi connectivity index (χ1v) is 7.62. The van der Waals surface area contributed by atoms with Gasteiger partial charge in [0.1, 0.15) is 6.04 Å². The maximum atomic E-state index is 12.5. The SMILES string of the molecule is CCC[C@H](C(=O)O)N1C(=O)c2cccc(SC(C)=O)c2C1=O. The van der Waals surface area contributed by atoms with Crippen molar-refractivity contribution >= 4 is 34.7 Å². The first kappa shape index (κ1) is 16.2. The fourth-order valence-electron chi connectivity index (χ4n) is 2.43. The number of amides is 2. The van der Waals surface area contributed by atoms with Crippen molar-refractivity contribution in [3.05, 3.63) is 29.3 Å². The molecule has 22 heavy (non-hydrogen) atoms. The Labute approximate surface area is 131 Å². The first-order valence-electron chi connectivity index (χ1n) is 6.80. The molecular formula is C15H15NO5S. The van der Waals surface area contributed by atoms with Crippen molar-refractivity contribution in [2.24, 2.45) is 0 Å². The predicted octanol–water partition coefficient (Wildman–Crippen LogP) is 2.17. The highest BCUT2D eigenvalue weighted by molar-refractivity contribution is 8.13. The van der Waals surface area contributed by atoms with Crippen LogP contribution in [-0.2, 0) is 9.59 Å². The molecule has 1 N–H and O–H groups in total. The summed E-state index contributed by atoms with van der Waals surface area (Å²) in [4.78, 5) is 48.8. The normalized spacial score (nSPS) is 14.9. The van der Waals surface area contributed by atoms with Crippen molar-refractivity contribution in [2.45, 2.75) is 37.6 Å². The Hall–Kier alpha value is -2.15. The Kier molecular flexibility index (Phi) is 4.65. The van der Waals surface area contributed by atoms with E-state index in [1.807, 2.05) is 0 Å². The summed E-state index contributed by atoms with van der Waals surface area (Å²) in [7, 11) is 0. The van der Waals surface area contributed by atoms with E-state index in [0.717, 1.165) is 16.7 Å². The molecule has 1 aliphatic heterocycles. The lowest BCUT2D eigenvalue weighted by atomic mass is 10.1. The molecule has 0 radical (unpaired) electrons. The lowest BCUT2D eigenvalue weighted by Gasteiger charge is -2.21. The van der Waals surface area contributed by atoms with Gasteiger partial charge in [0.05, 0.1) is 11.1 Å². The molecule has 116 valence electrons. The second-order valence-corrected chi connectivity index (χ2v) is 6.11. The van der Waals surface area contributed by atoms with Gasteiger partial charge in [-0.25, -0.2) is 4.79 Å². The number of benzene rings is 1. The molecule has 2 rings (SSSR count). The van der Waals surface area contributed by atoms with E-state index in [0.29, 0.717) is 11.3 Å². The lowest BCUT2D eigenvalue weighted by Crippen LogP contribution is -2.44. The fraction of sp³-hybridized carbons (Fsp3) is 0.333. The molecule has 0 unspecified atom stereocenters. The number of nitrogens with zero attached hydrogens (tertiary/aromatic N) is 1. The number of thioether (sulfide) groups is 1. The molecule has 2 amide bonds. The van der Waals surface area contributed by atoms with E-state index in [1.54, 1.807) is 19.1 Å². The van der Waals surface area contributed by atoms with E-state index < -0.39 is 23.8 Å². The van der Waals surface area contributed by atoms with Gasteiger partial charge < -0.3 is 5.11 Å². The molecule has 0 fully saturated rings. The van der Waals surface area contributed by atoms with Crippen LogP contribution in [0.2, 0.25) is 0 Å². The minimum Gasteiger partial charge on any atom is -0.480 e. The third kappa shape index (κ3) is 2.76. The number of carbonyl (C=O) groups excluding carboxylic acids is 3. The fourth-order valence-corrected chi connectivity index (χ4v) is 3.19. The van der Waals surface area contributed by atoms with Gasteiger partial charge >= 0.3 is 5.97 Å². The largest absolute Gasteiger partial charge is 0.480 e. The maximum Gasteiger partial charge on any atom is 0.326 e. The monoisotopic (exact) mass is 321 g/mol. The minimum absolute atomic E-state index is 0.120. The summed E-state index contributed by atoms with van der Waals surface area (Å²) in [6, 6.07) is 3.45. The Morgan fingerprint density at radius 1 is 1.27 bits per heavy atom. The molecule has 1 atom stereocenters. The van der Waals surface area contributed by atoms with Crippen LogP contribution in [0.3, 0.4) is 0 Å². The average molecular weight is 321 g/mol. The van der Waals surface area contributed by atoms with Crippen LogP contribution in [-0.4, -0.2) is 38.9 Å². The predicted molar refractivity (Wildman–Crippen MR) is 79.8 cm³/mol. The highest BCUT2D eigenvalue weighted by Crippen LogP contribution is 2.34. The number of rotatable bonds is 5. The molecule has 1 heterocycles. The number of fused-ring (bicyclic) bond motifs is 1. The molecule has 7 heteroatoms. The Bertz CT molecular complexity index is 670. The summed E-state index contributed by atoms with van der Waals surface area (Å²) < 4.78 is 0. The zero-order valence-electron chi connectivity index (χ0n) is 12.2. The van der Waals surface area contributed by atoms with Gasteiger partial charge in [0.15, 0.2) is 5.12 Å². The van der Waals surface area contributed by atoms with Crippen LogP contribution in [0.5, 0.6) is 0 Å². The van der Waals surface area contributed by atoms with Crippen molar-refractivity contribution in [1.82, 2.24) is 4.90 Å². The molecule has 6 nitrogen and oxygen atoms in total. The quantitative estimate of drug-likeness (QED) is 0.660. The van der Waals surface area contributed by atoms with E-state index in [1.165, 1.54) is 13.0 Å². The highest BCUT2D eigenvalue weighted by Gasteiger charge is 2.43. The van der Waals surface area contributed by atoms with Crippen LogP contribution in [0.15, 0.2) is 23.1 Å². The summed E-state index contributed by atoms with van der Waals surface area (Å²) >= 11 is 0.859. The van der Waals surface area contributed by atoms with Crippen LogP contribution in [0.4, 0.5) is 0 Å². The molecule has 0 saturated carbocycles. The van der Waals surface area contributed by atoms with Gasteiger partial charge in [0.25, 0.3) is 11.8 Å². The van der Waals surface area contributed by atoms with Gasteiger partial charge in [0.2, 0.25) is 0 Å². The van der Waals surface area contributed by atoms with E-state index >= 15 is 0 Å². The van der Waals surface area contributed by atoms with E-state index in [2.05, 4.69) is 0 Å². The van der Waals surface area contributed by atoms with Gasteiger partial charge in [0, 0.05) is 11.8 Å². The Morgan fingerprint density at radius 3 is 2.50 bits per heavy atom. The molecule has 0 aliphatic carbocycles. The molecule has 1 aromatic rings. The number of carboxylic acid groups (broad SMARTS) is 1. The van der Waals surface area contributed by atoms with E-state index in [9.17, 15) is 24.3 Å². The van der Waals surface area contributed by atoms with Crippen LogP contribution in [0.1, 0.15) is 47.4 Å². The summed E-state index contributed by atoms with van der Waals surface area (Å²) in [6.07, 6.45) is 0.718. The third-order valence-electron chi connectivity index (χ3n) is 3.32. The zero-order chi connectivity index (χ0) is 16.4.